The molecule has 0 saturated heterocycles. The second-order valence-corrected chi connectivity index (χ2v) is 9.11. The highest BCUT2D eigenvalue weighted by Gasteiger charge is 2.39. The average Bonchev–Trinajstić information content (AvgIpc) is 3.67. The first-order valence-electron chi connectivity index (χ1n) is 11.8. The number of aromatic amines is 1. The van der Waals surface area contributed by atoms with Crippen molar-refractivity contribution in [2.75, 3.05) is 11.1 Å². The zero-order valence-electron chi connectivity index (χ0n) is 21.1. The summed E-state index contributed by atoms with van der Waals surface area (Å²) in [6, 6.07) is 8.87. The summed E-state index contributed by atoms with van der Waals surface area (Å²) < 4.78 is 43.8. The average molecular weight is 585 g/mol. The van der Waals surface area contributed by atoms with E-state index in [2.05, 4.69) is 35.9 Å². The van der Waals surface area contributed by atoms with E-state index in [1.807, 2.05) is 0 Å². The van der Waals surface area contributed by atoms with E-state index in [1.54, 1.807) is 12.3 Å². The Morgan fingerprint density at radius 3 is 2.56 bits per heavy atom. The van der Waals surface area contributed by atoms with Crippen LogP contribution in [-0.2, 0) is 19.8 Å². The third kappa shape index (κ3) is 5.74. The molecule has 0 unspecified atom stereocenters. The van der Waals surface area contributed by atoms with Crippen LogP contribution in [0.25, 0.3) is 17.1 Å². The van der Waals surface area contributed by atoms with Crippen LogP contribution in [0.5, 0.6) is 0 Å². The monoisotopic (exact) mass is 584 g/mol. The Balaban J connectivity index is 1.36. The molecule has 5 aromatic rings. The van der Waals surface area contributed by atoms with Crippen LogP contribution in [0.2, 0.25) is 5.02 Å². The lowest BCUT2D eigenvalue weighted by atomic mass is 10.2. The number of halogens is 4. The number of pyridine rings is 1. The van der Waals surface area contributed by atoms with E-state index >= 15 is 0 Å². The third-order valence-electron chi connectivity index (χ3n) is 5.92. The lowest BCUT2D eigenvalue weighted by molar-refractivity contribution is -0.140. The highest BCUT2D eigenvalue weighted by Crippen LogP contribution is 2.36. The Kier molecular flexibility index (Phi) is 7.19. The molecular formula is C25H20ClF3N10O2. The number of hydrogen-bond donors (Lipinski definition) is 4. The molecule has 5 N–H and O–H groups in total. The molecule has 12 nitrogen and oxygen atoms in total. The fourth-order valence-electron chi connectivity index (χ4n) is 3.91. The molecule has 0 aliphatic rings. The number of H-pyrrole nitrogens is 1. The summed E-state index contributed by atoms with van der Waals surface area (Å²) in [5.74, 6) is -1.22. The minimum Gasteiger partial charge on any atom is -0.397 e. The Hall–Kier alpha value is -5.18. The van der Waals surface area contributed by atoms with Gasteiger partial charge < -0.3 is 20.9 Å². The van der Waals surface area contributed by atoms with Crippen LogP contribution in [0.15, 0.2) is 61.2 Å². The van der Waals surface area contributed by atoms with Gasteiger partial charge in [-0.1, -0.05) is 11.6 Å². The largest absolute Gasteiger partial charge is 0.435 e. The normalized spacial score (nSPS) is 11.4. The highest BCUT2D eigenvalue weighted by atomic mass is 35.5. The summed E-state index contributed by atoms with van der Waals surface area (Å²) in [5, 5.41) is 15.6. The van der Waals surface area contributed by atoms with Crippen LogP contribution >= 0.6 is 11.6 Å². The number of anilines is 2. The van der Waals surface area contributed by atoms with Crippen LogP contribution in [0, 0.1) is 0 Å². The lowest BCUT2D eigenvalue weighted by Crippen LogP contribution is -2.23. The molecule has 210 valence electrons. The van der Waals surface area contributed by atoms with E-state index < -0.39 is 23.7 Å². The molecule has 4 heterocycles. The molecule has 0 atom stereocenters. The quantitative estimate of drug-likeness (QED) is 0.226. The predicted molar refractivity (Wildman–Crippen MR) is 142 cm³/mol. The van der Waals surface area contributed by atoms with Gasteiger partial charge in [0.05, 0.1) is 52.2 Å². The summed E-state index contributed by atoms with van der Waals surface area (Å²) >= 11 is 6.27. The molecule has 0 aliphatic heterocycles. The number of nitrogen functional groups attached to an aromatic ring is 1. The molecule has 2 amide bonds. The van der Waals surface area contributed by atoms with Crippen molar-refractivity contribution >= 4 is 34.8 Å². The summed E-state index contributed by atoms with van der Waals surface area (Å²) in [6.07, 6.45) is 0.405. The predicted octanol–water partition coefficient (Wildman–Crippen LogP) is 3.83. The van der Waals surface area contributed by atoms with Gasteiger partial charge in [0, 0.05) is 25.1 Å². The number of nitrogens with one attached hydrogen (secondary N) is 3. The van der Waals surface area contributed by atoms with Crippen LogP contribution in [0.3, 0.4) is 0 Å². The first-order chi connectivity index (χ1) is 19.5. The molecule has 0 saturated carbocycles. The van der Waals surface area contributed by atoms with Crippen molar-refractivity contribution < 1.29 is 22.8 Å². The van der Waals surface area contributed by atoms with E-state index in [-0.39, 0.29) is 45.7 Å². The number of amides is 2. The van der Waals surface area contributed by atoms with Crippen LogP contribution in [0.1, 0.15) is 32.4 Å². The molecule has 0 aliphatic carbocycles. The number of benzene rings is 1. The van der Waals surface area contributed by atoms with Crippen LogP contribution < -0.4 is 16.4 Å². The number of carbonyl (C=O) groups is 2. The molecule has 0 bridgehead atoms. The molecule has 16 heteroatoms. The van der Waals surface area contributed by atoms with E-state index in [4.69, 9.17) is 17.3 Å². The molecular weight excluding hydrogens is 565 g/mol. The molecule has 4 aromatic heterocycles. The first-order valence-corrected chi connectivity index (χ1v) is 12.2. The van der Waals surface area contributed by atoms with E-state index in [0.29, 0.717) is 11.4 Å². The lowest BCUT2D eigenvalue weighted by Gasteiger charge is -2.10. The van der Waals surface area contributed by atoms with Gasteiger partial charge in [-0.25, -0.2) is 14.6 Å². The third-order valence-corrected chi connectivity index (χ3v) is 6.23. The summed E-state index contributed by atoms with van der Waals surface area (Å²) in [6.45, 7) is 0.185. The standard InChI is InChI=1S/C25H20ClF3N10O2/c1-38-19(17-12-39(37-21(17)25(27,28)29)20-5-2-13(30)9-31-20)11-32-22(38)24(41)35-14-3-4-16(18(26)8-14)23(40)33-10-15-6-7-34-36-15/h2-9,11-12H,10,30H2,1H3,(H,33,40)(H,34,36)(H,35,41). The van der Waals surface area contributed by atoms with E-state index in [1.165, 1.54) is 48.1 Å². The zero-order chi connectivity index (χ0) is 29.3. The van der Waals surface area contributed by atoms with Gasteiger partial charge >= 0.3 is 6.18 Å². The van der Waals surface area contributed by atoms with E-state index in [0.717, 1.165) is 17.1 Å². The zero-order valence-corrected chi connectivity index (χ0v) is 21.8. The van der Waals surface area contributed by atoms with Crippen molar-refractivity contribution in [1.82, 2.24) is 39.8 Å². The van der Waals surface area contributed by atoms with E-state index in [9.17, 15) is 22.8 Å². The second-order valence-electron chi connectivity index (χ2n) is 8.71. The minimum atomic E-state index is -4.80. The number of rotatable bonds is 7. The van der Waals surface area contributed by atoms with Crippen molar-refractivity contribution in [2.45, 2.75) is 12.7 Å². The Labute approximate surface area is 234 Å². The van der Waals surface area contributed by atoms with Crippen molar-refractivity contribution in [2.24, 2.45) is 7.05 Å². The molecule has 1 aromatic carbocycles. The van der Waals surface area contributed by atoms with Crippen LogP contribution in [0.4, 0.5) is 24.5 Å². The van der Waals surface area contributed by atoms with Crippen molar-refractivity contribution in [1.29, 1.82) is 0 Å². The minimum absolute atomic E-state index is 0.00821. The van der Waals surface area contributed by atoms with Gasteiger partial charge in [-0.3, -0.25) is 14.7 Å². The smallest absolute Gasteiger partial charge is 0.397 e. The van der Waals surface area contributed by atoms with Gasteiger partial charge in [0.15, 0.2) is 17.3 Å². The van der Waals surface area contributed by atoms with Crippen molar-refractivity contribution in [3.63, 3.8) is 0 Å². The van der Waals surface area contributed by atoms with Gasteiger partial charge in [-0.2, -0.15) is 23.4 Å². The number of nitrogens with two attached hydrogens (primary N) is 1. The van der Waals surface area contributed by atoms with Crippen molar-refractivity contribution in [3.05, 3.63) is 89.0 Å². The highest BCUT2D eigenvalue weighted by molar-refractivity contribution is 6.34. The Morgan fingerprint density at radius 2 is 1.90 bits per heavy atom. The molecule has 5 rings (SSSR count). The second kappa shape index (κ2) is 10.8. The van der Waals surface area contributed by atoms with Gasteiger partial charge in [-0.15, -0.1) is 0 Å². The molecule has 0 spiro atoms. The van der Waals surface area contributed by atoms with Gasteiger partial charge in [-0.05, 0) is 36.4 Å². The van der Waals surface area contributed by atoms with Crippen molar-refractivity contribution in [3.8, 4) is 17.1 Å². The van der Waals surface area contributed by atoms with Crippen LogP contribution in [-0.4, -0.2) is 46.3 Å². The molecule has 41 heavy (non-hydrogen) atoms. The topological polar surface area (TPSA) is 161 Å². The number of aromatic nitrogens is 7. The van der Waals surface area contributed by atoms with Gasteiger partial charge in [0.25, 0.3) is 11.8 Å². The molecule has 0 radical (unpaired) electrons. The van der Waals surface area contributed by atoms with Gasteiger partial charge in [0.2, 0.25) is 0 Å². The molecule has 0 fully saturated rings. The number of nitrogens with zero attached hydrogens (tertiary/aromatic N) is 6. The number of alkyl halides is 3. The fourth-order valence-corrected chi connectivity index (χ4v) is 4.18. The summed E-state index contributed by atoms with van der Waals surface area (Å²) in [4.78, 5) is 33.5. The number of hydrogen-bond acceptors (Lipinski definition) is 7. The Morgan fingerprint density at radius 1 is 1.10 bits per heavy atom. The maximum absolute atomic E-state index is 13.9. The summed E-state index contributed by atoms with van der Waals surface area (Å²) in [7, 11) is 1.40. The number of imidazole rings is 1. The maximum Gasteiger partial charge on any atom is 0.435 e. The maximum atomic E-state index is 13.9. The first kappa shape index (κ1) is 27.4. The SMILES string of the molecule is Cn1c(-c2cn(-c3ccc(N)cn3)nc2C(F)(F)F)cnc1C(=O)Nc1ccc(C(=O)NCc2cc[nH]n2)c(Cl)c1. The Bertz CT molecular complexity index is 1730. The van der Waals surface area contributed by atoms with Gasteiger partial charge in [0.1, 0.15) is 0 Å². The summed E-state index contributed by atoms with van der Waals surface area (Å²) in [5.41, 5.74) is 5.50. The number of carbonyl (C=O) groups excluding carboxylic acids is 2. The fraction of sp³-hybridized carbons (Fsp3) is 0.120.